The minimum atomic E-state index is -4.75. The predicted octanol–water partition coefficient (Wildman–Crippen LogP) is 7.40. The number of fused-ring (bicyclic) bond motifs is 3. The second-order valence-electron chi connectivity index (χ2n) is 9.87. The van der Waals surface area contributed by atoms with Gasteiger partial charge in [-0.1, -0.05) is 34.1 Å². The third-order valence-electron chi connectivity index (χ3n) is 7.12. The van der Waals surface area contributed by atoms with Crippen LogP contribution in [0.1, 0.15) is 17.0 Å². The zero-order valence-electron chi connectivity index (χ0n) is 22.9. The van der Waals surface area contributed by atoms with Gasteiger partial charge in [0, 0.05) is 17.8 Å². The second-order valence-corrected chi connectivity index (χ2v) is 10.8. The van der Waals surface area contributed by atoms with Crippen molar-refractivity contribution in [1.29, 1.82) is 0 Å². The van der Waals surface area contributed by atoms with Gasteiger partial charge in [-0.25, -0.2) is 9.78 Å². The smallest absolute Gasteiger partial charge is 0.406 e. The van der Waals surface area contributed by atoms with E-state index in [9.17, 15) is 18.0 Å². The van der Waals surface area contributed by atoms with Gasteiger partial charge in [-0.3, -0.25) is 4.57 Å². The van der Waals surface area contributed by atoms with Gasteiger partial charge < -0.3 is 4.74 Å². The summed E-state index contributed by atoms with van der Waals surface area (Å²) in [5, 5.41) is 6.75. The van der Waals surface area contributed by atoms with Crippen molar-refractivity contribution in [2.75, 3.05) is 10.7 Å². The number of aromatic nitrogens is 2. The lowest BCUT2D eigenvalue weighted by atomic mass is 10.1. The number of amides is 1. The second kappa shape index (κ2) is 10.3. The highest BCUT2D eigenvalue weighted by Gasteiger charge is 2.42. The Kier molecular flexibility index (Phi) is 6.77. The van der Waals surface area contributed by atoms with E-state index in [4.69, 9.17) is 4.98 Å². The molecule has 5 aromatic rings. The maximum atomic E-state index is 13.1. The van der Waals surface area contributed by atoms with Crippen LogP contribution in [0.2, 0.25) is 0 Å². The molecule has 0 bridgehead atoms. The zero-order chi connectivity index (χ0) is 29.8. The molecule has 2 heterocycles. The number of hydrogen-bond donors (Lipinski definition) is 0. The maximum Gasteiger partial charge on any atom is 0.573 e. The number of ether oxygens (including phenoxy) is 1. The van der Waals surface area contributed by atoms with Gasteiger partial charge in [0.2, 0.25) is 0 Å². The number of alkyl halides is 3. The van der Waals surface area contributed by atoms with Crippen molar-refractivity contribution >= 4 is 62.7 Å². The molecule has 1 aliphatic heterocycles. The van der Waals surface area contributed by atoms with Crippen LogP contribution in [0.5, 0.6) is 5.75 Å². The third-order valence-corrected chi connectivity index (χ3v) is 8.12. The number of carbonyl (C=O) groups is 1. The topological polar surface area (TPSA) is 62.7 Å². The van der Waals surface area contributed by atoms with Crippen molar-refractivity contribution in [3.63, 3.8) is 0 Å². The number of hydrazone groups is 1. The van der Waals surface area contributed by atoms with Gasteiger partial charge >= 0.3 is 17.4 Å². The summed E-state index contributed by atoms with van der Waals surface area (Å²) in [6.45, 7) is 9.61. The van der Waals surface area contributed by atoms with Crippen LogP contribution in [-0.2, 0) is 4.79 Å². The average Bonchev–Trinajstić information content (AvgIpc) is 3.48. The molecular formula is C31H25F3N5O2S+. The minimum absolute atomic E-state index is 0.0254. The normalized spacial score (nSPS) is 15.1. The average molecular weight is 589 g/mol. The molecule has 212 valence electrons. The number of rotatable bonds is 5. The summed E-state index contributed by atoms with van der Waals surface area (Å²) in [6, 6.07) is 21.3. The molecule has 1 amide bonds. The zero-order valence-corrected chi connectivity index (χ0v) is 23.8. The number of hydrogen-bond acceptors (Lipinski definition) is 5. The SMILES string of the molecule is C=N/[N+](=C1/SCC(=O)N1c1c(C)cccc1C)c1ccc2c(ccc3c2nc(C)n3-c2ccc(OC(F)(F)F)cc2)c1. The molecule has 1 aromatic heterocycles. The van der Waals surface area contributed by atoms with Crippen molar-refractivity contribution in [3.05, 3.63) is 89.7 Å². The fraction of sp³-hybridized carbons (Fsp3) is 0.161. The van der Waals surface area contributed by atoms with E-state index in [0.29, 0.717) is 22.4 Å². The Morgan fingerprint density at radius 1 is 1.00 bits per heavy atom. The molecule has 0 saturated carbocycles. The van der Waals surface area contributed by atoms with E-state index >= 15 is 0 Å². The van der Waals surface area contributed by atoms with E-state index in [1.807, 2.05) is 73.9 Å². The minimum Gasteiger partial charge on any atom is -0.406 e. The van der Waals surface area contributed by atoms with Crippen molar-refractivity contribution in [3.8, 4) is 11.4 Å². The maximum absolute atomic E-state index is 13.1. The van der Waals surface area contributed by atoms with E-state index < -0.39 is 6.36 Å². The molecule has 1 fully saturated rings. The molecule has 0 spiro atoms. The number of anilines is 1. The van der Waals surface area contributed by atoms with Crippen molar-refractivity contribution in [2.45, 2.75) is 27.1 Å². The molecule has 7 nitrogen and oxygen atoms in total. The largest absolute Gasteiger partial charge is 0.573 e. The summed E-state index contributed by atoms with van der Waals surface area (Å²) < 4.78 is 45.4. The fourth-order valence-electron chi connectivity index (χ4n) is 5.38. The van der Waals surface area contributed by atoms with E-state index in [-0.39, 0.29) is 11.7 Å². The molecule has 0 N–H and O–H groups in total. The summed E-state index contributed by atoms with van der Waals surface area (Å²) in [5.74, 6) is 0.662. The van der Waals surface area contributed by atoms with Crippen molar-refractivity contribution < 1.29 is 27.4 Å². The van der Waals surface area contributed by atoms with Gasteiger partial charge in [-0.2, -0.15) is 4.90 Å². The molecule has 1 aliphatic rings. The summed E-state index contributed by atoms with van der Waals surface area (Å²) in [7, 11) is 0. The van der Waals surface area contributed by atoms with Crippen LogP contribution in [0.25, 0.3) is 27.5 Å². The fourth-order valence-corrected chi connectivity index (χ4v) is 6.37. The lowest BCUT2D eigenvalue weighted by Gasteiger charge is -2.15. The van der Waals surface area contributed by atoms with Gasteiger partial charge in [-0.05, 0) is 97.6 Å². The first-order valence-corrected chi connectivity index (χ1v) is 14.0. The highest BCUT2D eigenvalue weighted by Crippen LogP contribution is 2.35. The lowest BCUT2D eigenvalue weighted by Crippen LogP contribution is -2.34. The highest BCUT2D eigenvalue weighted by atomic mass is 32.2. The number of carbonyl (C=O) groups excluding carboxylic acids is 1. The standard InChI is InChI=1S/C31H25F3N5O2S/c1-18-6-5-7-19(2)29(18)38-27(40)17-42-30(38)39(35-4)23-11-14-25-21(16-23)8-15-26-28(25)36-20(3)37(26)22-9-12-24(13-10-22)41-31(32,33)34/h5-16H,4,17H2,1-3H3/q+1. The third kappa shape index (κ3) is 4.79. The van der Waals surface area contributed by atoms with Crippen molar-refractivity contribution in [1.82, 2.24) is 9.55 Å². The first-order valence-electron chi connectivity index (χ1n) is 13.0. The Labute approximate surface area is 243 Å². The molecule has 1 saturated heterocycles. The molecule has 6 rings (SSSR count). The monoisotopic (exact) mass is 588 g/mol. The van der Waals surface area contributed by atoms with Crippen LogP contribution in [0.4, 0.5) is 24.5 Å². The summed E-state index contributed by atoms with van der Waals surface area (Å²) in [6.07, 6.45) is -4.75. The Hall–Kier alpha value is -4.64. The Morgan fingerprint density at radius 2 is 1.71 bits per heavy atom. The van der Waals surface area contributed by atoms with E-state index in [1.165, 1.54) is 23.9 Å². The van der Waals surface area contributed by atoms with Crippen LogP contribution in [-0.4, -0.2) is 44.1 Å². The van der Waals surface area contributed by atoms with Crippen LogP contribution in [0, 0.1) is 20.8 Å². The van der Waals surface area contributed by atoms with E-state index in [2.05, 4.69) is 16.6 Å². The first-order chi connectivity index (χ1) is 20.1. The molecule has 11 heteroatoms. The summed E-state index contributed by atoms with van der Waals surface area (Å²) in [4.78, 5) is 19.6. The van der Waals surface area contributed by atoms with Gasteiger partial charge in [0.25, 0.3) is 0 Å². The number of para-hydroxylation sites is 1. The van der Waals surface area contributed by atoms with Gasteiger partial charge in [0.1, 0.15) is 23.0 Å². The summed E-state index contributed by atoms with van der Waals surface area (Å²) in [5.41, 5.74) is 5.78. The van der Waals surface area contributed by atoms with Gasteiger partial charge in [0.15, 0.2) is 5.69 Å². The van der Waals surface area contributed by atoms with Crippen LogP contribution >= 0.6 is 11.8 Å². The predicted molar refractivity (Wildman–Crippen MR) is 160 cm³/mol. The Balaban J connectivity index is 1.43. The van der Waals surface area contributed by atoms with Crippen LogP contribution in [0.3, 0.4) is 0 Å². The molecule has 0 radical (unpaired) electrons. The number of halogens is 3. The van der Waals surface area contributed by atoms with Gasteiger partial charge in [0.05, 0.1) is 11.0 Å². The number of amidine groups is 1. The Morgan fingerprint density at radius 3 is 2.38 bits per heavy atom. The van der Waals surface area contributed by atoms with Gasteiger partial charge in [-0.15, -0.1) is 13.2 Å². The summed E-state index contributed by atoms with van der Waals surface area (Å²) >= 11 is 1.41. The first kappa shape index (κ1) is 27.5. The molecule has 42 heavy (non-hydrogen) atoms. The van der Waals surface area contributed by atoms with Crippen LogP contribution in [0.15, 0.2) is 77.9 Å². The number of thioether (sulfide) groups is 1. The van der Waals surface area contributed by atoms with Crippen LogP contribution < -0.4 is 9.64 Å². The van der Waals surface area contributed by atoms with E-state index in [1.54, 1.807) is 21.7 Å². The number of aryl methyl sites for hydroxylation is 3. The Bertz CT molecular complexity index is 1910. The number of imidazole rings is 1. The van der Waals surface area contributed by atoms with Crippen molar-refractivity contribution in [2.24, 2.45) is 5.10 Å². The molecule has 0 unspecified atom stereocenters. The quantitative estimate of drug-likeness (QED) is 0.122. The number of benzene rings is 4. The lowest BCUT2D eigenvalue weighted by molar-refractivity contribution is -0.441. The molecule has 0 atom stereocenters. The highest BCUT2D eigenvalue weighted by molar-refractivity contribution is 8.15. The molecule has 0 aliphatic carbocycles. The van der Waals surface area contributed by atoms with E-state index in [0.717, 1.165) is 44.3 Å². The molecular weight excluding hydrogens is 563 g/mol. The number of nitrogens with zero attached hydrogens (tertiary/aromatic N) is 5. The molecule has 4 aromatic carbocycles.